The first-order valence-electron chi connectivity index (χ1n) is 10.8. The average Bonchev–Trinajstić information content (AvgIpc) is 3.34. The molecule has 1 saturated heterocycles. The third-order valence-electron chi connectivity index (χ3n) is 5.92. The predicted octanol–water partition coefficient (Wildman–Crippen LogP) is 4.64. The highest BCUT2D eigenvalue weighted by molar-refractivity contribution is 7.89. The summed E-state index contributed by atoms with van der Waals surface area (Å²) in [5.41, 5.74) is 1.17. The molecule has 4 rings (SSSR count). The van der Waals surface area contributed by atoms with Crippen LogP contribution in [0.15, 0.2) is 70.9 Å². The summed E-state index contributed by atoms with van der Waals surface area (Å²) in [5, 5.41) is 2.55. The van der Waals surface area contributed by atoms with Gasteiger partial charge >= 0.3 is 0 Å². The number of anilines is 1. The van der Waals surface area contributed by atoms with Gasteiger partial charge < -0.3 is 9.64 Å². The number of methoxy groups -OCH3 is 1. The number of nitrogens with zero attached hydrogens (tertiary/aromatic N) is 2. The Balaban J connectivity index is 1.48. The van der Waals surface area contributed by atoms with Gasteiger partial charge in [-0.15, -0.1) is 11.3 Å². The highest BCUT2D eigenvalue weighted by Gasteiger charge is 2.32. The van der Waals surface area contributed by atoms with Crippen molar-refractivity contribution in [3.05, 3.63) is 75.9 Å². The molecule has 33 heavy (non-hydrogen) atoms. The summed E-state index contributed by atoms with van der Waals surface area (Å²) >= 11 is 7.58. The second-order valence-corrected chi connectivity index (χ2v) is 11.2. The summed E-state index contributed by atoms with van der Waals surface area (Å²) in [6.45, 7) is 5.34. The van der Waals surface area contributed by atoms with Crippen LogP contribution in [-0.4, -0.2) is 52.6 Å². The Morgan fingerprint density at radius 3 is 2.24 bits per heavy atom. The molecule has 0 aliphatic carbocycles. The van der Waals surface area contributed by atoms with E-state index in [1.54, 1.807) is 30.6 Å². The van der Waals surface area contributed by atoms with Crippen LogP contribution in [0.5, 0.6) is 5.75 Å². The smallest absolute Gasteiger partial charge is 0.240 e. The molecule has 2 aromatic carbocycles. The van der Waals surface area contributed by atoms with Gasteiger partial charge in [-0.1, -0.05) is 17.7 Å². The molecular formula is C24H28ClN3O3S2. The van der Waals surface area contributed by atoms with Crippen molar-refractivity contribution in [3.63, 3.8) is 0 Å². The quantitative estimate of drug-likeness (QED) is 0.483. The monoisotopic (exact) mass is 505 g/mol. The number of benzene rings is 2. The number of thiophene rings is 1. The van der Waals surface area contributed by atoms with Crippen molar-refractivity contribution in [1.29, 1.82) is 0 Å². The molecule has 2 heterocycles. The Bertz CT molecular complexity index is 1130. The highest BCUT2D eigenvalue weighted by atomic mass is 35.5. The second kappa shape index (κ2) is 10.4. The summed E-state index contributed by atoms with van der Waals surface area (Å²) in [7, 11) is -2.00. The largest absolute Gasteiger partial charge is 0.497 e. The van der Waals surface area contributed by atoms with Gasteiger partial charge in [0, 0.05) is 47.8 Å². The van der Waals surface area contributed by atoms with E-state index < -0.39 is 10.0 Å². The third-order valence-corrected chi connectivity index (χ3v) is 8.69. The minimum absolute atomic E-state index is 0.0508. The standard InChI is InChI=1S/C24H28ClN3O3S2/c1-18(26-33(29,30)22-11-5-19(25)6-12-22)24(23-4-3-17-32-23)28-15-13-27(14-16-28)20-7-9-21(31-2)10-8-20/h3-12,17-18,24,26H,13-16H2,1-2H3/t18-,24+/m0/s1. The van der Waals surface area contributed by atoms with Crippen molar-refractivity contribution < 1.29 is 13.2 Å². The number of halogens is 1. The Labute approximate surface area is 204 Å². The Morgan fingerprint density at radius 1 is 1.00 bits per heavy atom. The molecule has 1 aliphatic heterocycles. The predicted molar refractivity (Wildman–Crippen MR) is 135 cm³/mol. The molecule has 0 radical (unpaired) electrons. The van der Waals surface area contributed by atoms with E-state index >= 15 is 0 Å². The van der Waals surface area contributed by atoms with Crippen molar-refractivity contribution in [1.82, 2.24) is 9.62 Å². The minimum atomic E-state index is -3.66. The lowest BCUT2D eigenvalue weighted by Crippen LogP contribution is -2.52. The maximum Gasteiger partial charge on any atom is 0.240 e. The zero-order valence-corrected chi connectivity index (χ0v) is 21.0. The van der Waals surface area contributed by atoms with E-state index in [2.05, 4.69) is 32.7 Å². The van der Waals surface area contributed by atoms with Crippen molar-refractivity contribution in [3.8, 4) is 5.75 Å². The van der Waals surface area contributed by atoms with Crippen molar-refractivity contribution in [2.75, 3.05) is 38.2 Å². The fourth-order valence-corrected chi connectivity index (χ4v) is 6.58. The van der Waals surface area contributed by atoms with Crippen LogP contribution < -0.4 is 14.4 Å². The highest BCUT2D eigenvalue weighted by Crippen LogP contribution is 2.31. The first-order chi connectivity index (χ1) is 15.9. The van der Waals surface area contributed by atoms with Crippen LogP contribution in [0, 0.1) is 0 Å². The fraction of sp³-hybridized carbons (Fsp3) is 0.333. The number of hydrogen-bond acceptors (Lipinski definition) is 6. The Kier molecular flexibility index (Phi) is 7.61. The van der Waals surface area contributed by atoms with Crippen LogP contribution in [0.2, 0.25) is 5.02 Å². The topological polar surface area (TPSA) is 61.9 Å². The number of rotatable bonds is 8. The lowest BCUT2D eigenvalue weighted by molar-refractivity contribution is 0.164. The molecule has 1 aliphatic rings. The van der Waals surface area contributed by atoms with Gasteiger partial charge in [0.1, 0.15) is 5.75 Å². The van der Waals surface area contributed by atoms with E-state index in [4.69, 9.17) is 16.3 Å². The van der Waals surface area contributed by atoms with E-state index in [1.807, 2.05) is 30.5 Å². The van der Waals surface area contributed by atoms with Gasteiger partial charge in [0.25, 0.3) is 0 Å². The summed E-state index contributed by atoms with van der Waals surface area (Å²) in [6, 6.07) is 18.1. The van der Waals surface area contributed by atoms with E-state index in [0.29, 0.717) is 5.02 Å². The van der Waals surface area contributed by atoms with Crippen LogP contribution in [0.25, 0.3) is 0 Å². The maximum atomic E-state index is 13.0. The normalized spacial score (nSPS) is 17.0. The molecule has 0 spiro atoms. The van der Waals surface area contributed by atoms with Gasteiger partial charge in [-0.05, 0) is 66.9 Å². The van der Waals surface area contributed by atoms with Crippen molar-refractivity contribution >= 4 is 38.6 Å². The molecule has 1 aromatic heterocycles. The molecule has 0 bridgehead atoms. The van der Waals surface area contributed by atoms with Crippen LogP contribution in [0.3, 0.4) is 0 Å². The fourth-order valence-electron chi connectivity index (χ4n) is 4.24. The minimum Gasteiger partial charge on any atom is -0.497 e. The first-order valence-corrected chi connectivity index (χ1v) is 13.6. The van der Waals surface area contributed by atoms with Gasteiger partial charge in [-0.2, -0.15) is 0 Å². The van der Waals surface area contributed by atoms with E-state index in [1.165, 1.54) is 17.8 Å². The molecule has 2 atom stereocenters. The molecule has 9 heteroatoms. The lowest BCUT2D eigenvalue weighted by atomic mass is 10.1. The van der Waals surface area contributed by atoms with Crippen molar-refractivity contribution in [2.45, 2.75) is 23.9 Å². The Morgan fingerprint density at radius 2 is 1.67 bits per heavy atom. The van der Waals surface area contributed by atoms with Crippen LogP contribution in [0.4, 0.5) is 5.69 Å². The number of piperazine rings is 1. The van der Waals surface area contributed by atoms with E-state index in [9.17, 15) is 8.42 Å². The second-order valence-electron chi connectivity index (χ2n) is 8.05. The SMILES string of the molecule is COc1ccc(N2CCN([C@@H](c3cccs3)[C@H](C)NS(=O)(=O)c3ccc(Cl)cc3)CC2)cc1. The number of ether oxygens (including phenoxy) is 1. The molecule has 1 N–H and O–H groups in total. The maximum absolute atomic E-state index is 13.0. The molecule has 6 nitrogen and oxygen atoms in total. The van der Waals surface area contributed by atoms with Gasteiger partial charge in [-0.25, -0.2) is 13.1 Å². The molecular weight excluding hydrogens is 478 g/mol. The first kappa shape index (κ1) is 24.0. The van der Waals surface area contributed by atoms with Crippen LogP contribution >= 0.6 is 22.9 Å². The Hall–Kier alpha value is -2.10. The molecule has 0 saturated carbocycles. The van der Waals surface area contributed by atoms with Crippen LogP contribution in [-0.2, 0) is 10.0 Å². The molecule has 0 unspecified atom stereocenters. The summed E-state index contributed by atoms with van der Waals surface area (Å²) < 4.78 is 34.2. The van der Waals surface area contributed by atoms with Gasteiger partial charge in [0.2, 0.25) is 10.0 Å². The number of nitrogens with one attached hydrogen (secondary N) is 1. The van der Waals surface area contributed by atoms with Crippen LogP contribution in [0.1, 0.15) is 17.8 Å². The summed E-state index contributed by atoms with van der Waals surface area (Å²) in [5.74, 6) is 0.844. The van der Waals surface area contributed by atoms with Gasteiger partial charge in [-0.3, -0.25) is 4.90 Å². The summed E-state index contributed by atoms with van der Waals surface area (Å²) in [4.78, 5) is 6.09. The zero-order valence-electron chi connectivity index (χ0n) is 18.6. The third kappa shape index (κ3) is 5.70. The number of hydrogen-bond donors (Lipinski definition) is 1. The molecule has 0 amide bonds. The summed E-state index contributed by atoms with van der Waals surface area (Å²) in [6.07, 6.45) is 0. The van der Waals surface area contributed by atoms with E-state index in [0.717, 1.165) is 36.8 Å². The zero-order chi connectivity index (χ0) is 23.4. The van der Waals surface area contributed by atoms with E-state index in [-0.39, 0.29) is 17.0 Å². The van der Waals surface area contributed by atoms with Gasteiger partial charge in [0.15, 0.2) is 0 Å². The van der Waals surface area contributed by atoms with Crippen molar-refractivity contribution in [2.24, 2.45) is 0 Å². The molecule has 1 fully saturated rings. The van der Waals surface area contributed by atoms with Gasteiger partial charge in [0.05, 0.1) is 18.0 Å². The molecule has 3 aromatic rings. The molecule has 176 valence electrons. The average molecular weight is 506 g/mol. The lowest BCUT2D eigenvalue weighted by Gasteiger charge is -2.42. The number of sulfonamides is 1.